The van der Waals surface area contributed by atoms with Crippen LogP contribution in [0.15, 0.2) is 54.6 Å². The highest BCUT2D eigenvalue weighted by molar-refractivity contribution is 6.07. The van der Waals surface area contributed by atoms with E-state index in [-0.39, 0.29) is 19.1 Å². The Labute approximate surface area is 145 Å². The Morgan fingerprint density at radius 1 is 1.12 bits per heavy atom. The molecule has 1 N–H and O–H groups in total. The summed E-state index contributed by atoms with van der Waals surface area (Å²) in [4.78, 5) is 26.1. The predicted octanol–water partition coefficient (Wildman–Crippen LogP) is 2.40. The van der Waals surface area contributed by atoms with Gasteiger partial charge in [0.2, 0.25) is 0 Å². The van der Waals surface area contributed by atoms with Crippen molar-refractivity contribution in [3.63, 3.8) is 0 Å². The second kappa shape index (κ2) is 6.65. The summed E-state index contributed by atoms with van der Waals surface area (Å²) in [6.45, 7) is 2.03. The summed E-state index contributed by atoms with van der Waals surface area (Å²) < 4.78 is 5.56. The normalized spacial score (nSPS) is 19.4. The maximum atomic E-state index is 12.8. The predicted molar refractivity (Wildman–Crippen MR) is 90.7 cm³/mol. The fraction of sp³-hybridized carbons (Fsp3) is 0.211. The Morgan fingerprint density at radius 2 is 1.80 bits per heavy atom. The Balaban J connectivity index is 1.69. The summed E-state index contributed by atoms with van der Waals surface area (Å²) in [6.07, 6.45) is 0. The number of nitriles is 1. The van der Waals surface area contributed by atoms with Crippen LogP contribution in [-0.4, -0.2) is 30.0 Å². The number of imide groups is 1. The number of urea groups is 1. The Hall–Kier alpha value is -3.33. The van der Waals surface area contributed by atoms with Crippen molar-refractivity contribution in [2.24, 2.45) is 0 Å². The minimum Gasteiger partial charge on any atom is -0.492 e. The zero-order chi connectivity index (χ0) is 17.9. The monoisotopic (exact) mass is 335 g/mol. The molecule has 2 aromatic carbocycles. The van der Waals surface area contributed by atoms with Crippen LogP contribution in [0.1, 0.15) is 18.1 Å². The second-order valence-electron chi connectivity index (χ2n) is 5.86. The molecule has 0 saturated carbocycles. The first-order valence-electron chi connectivity index (χ1n) is 7.87. The van der Waals surface area contributed by atoms with Crippen molar-refractivity contribution in [3.05, 3.63) is 65.7 Å². The second-order valence-corrected chi connectivity index (χ2v) is 5.86. The molecule has 1 aliphatic heterocycles. The molecule has 25 heavy (non-hydrogen) atoms. The van der Waals surface area contributed by atoms with Crippen LogP contribution in [0.25, 0.3) is 0 Å². The molecular formula is C19H17N3O3. The molecular weight excluding hydrogens is 318 g/mol. The quantitative estimate of drug-likeness (QED) is 0.851. The number of nitrogens with zero attached hydrogens (tertiary/aromatic N) is 2. The molecule has 2 aromatic rings. The highest BCUT2D eigenvalue weighted by Crippen LogP contribution is 2.28. The third kappa shape index (κ3) is 3.17. The van der Waals surface area contributed by atoms with Crippen LogP contribution in [0.2, 0.25) is 0 Å². The fourth-order valence-corrected chi connectivity index (χ4v) is 2.75. The van der Waals surface area contributed by atoms with Gasteiger partial charge in [-0.3, -0.25) is 9.69 Å². The number of hydrogen-bond acceptors (Lipinski definition) is 4. The first-order chi connectivity index (χ1) is 12.0. The van der Waals surface area contributed by atoms with Gasteiger partial charge in [0, 0.05) is 0 Å². The van der Waals surface area contributed by atoms with E-state index < -0.39 is 11.6 Å². The average molecular weight is 335 g/mol. The summed E-state index contributed by atoms with van der Waals surface area (Å²) >= 11 is 0. The molecule has 1 atom stereocenters. The van der Waals surface area contributed by atoms with E-state index in [4.69, 9.17) is 10.00 Å². The minimum absolute atomic E-state index is 0.158. The van der Waals surface area contributed by atoms with Crippen molar-refractivity contribution in [1.29, 1.82) is 5.26 Å². The third-order valence-electron chi connectivity index (χ3n) is 4.19. The van der Waals surface area contributed by atoms with Gasteiger partial charge in [0.05, 0.1) is 18.2 Å². The van der Waals surface area contributed by atoms with E-state index in [9.17, 15) is 9.59 Å². The molecule has 1 heterocycles. The number of hydrogen-bond donors (Lipinski definition) is 1. The van der Waals surface area contributed by atoms with E-state index in [1.165, 1.54) is 0 Å². The Morgan fingerprint density at radius 3 is 2.44 bits per heavy atom. The SMILES string of the molecule is C[C@]1(c2ccc(C#N)cc2)NC(=O)N(CCOc2ccccc2)C1=O. The van der Waals surface area contributed by atoms with Crippen LogP contribution in [0.3, 0.4) is 0 Å². The van der Waals surface area contributed by atoms with Crippen molar-refractivity contribution in [2.75, 3.05) is 13.2 Å². The van der Waals surface area contributed by atoms with Gasteiger partial charge >= 0.3 is 6.03 Å². The molecule has 6 heteroatoms. The van der Waals surface area contributed by atoms with Crippen molar-refractivity contribution in [3.8, 4) is 11.8 Å². The minimum atomic E-state index is -1.14. The molecule has 0 radical (unpaired) electrons. The molecule has 126 valence electrons. The summed E-state index contributed by atoms with van der Waals surface area (Å²) in [5.41, 5.74) is -0.00812. The van der Waals surface area contributed by atoms with Gasteiger partial charge < -0.3 is 10.1 Å². The average Bonchev–Trinajstić information content (AvgIpc) is 2.86. The molecule has 0 aliphatic carbocycles. The maximum absolute atomic E-state index is 12.8. The molecule has 0 bridgehead atoms. The van der Waals surface area contributed by atoms with Crippen LogP contribution in [0, 0.1) is 11.3 Å². The number of amides is 3. The molecule has 0 spiro atoms. The summed E-state index contributed by atoms with van der Waals surface area (Å²) in [5.74, 6) is 0.350. The van der Waals surface area contributed by atoms with Crippen molar-refractivity contribution in [1.82, 2.24) is 10.2 Å². The van der Waals surface area contributed by atoms with E-state index in [0.29, 0.717) is 16.9 Å². The molecule has 0 aromatic heterocycles. The molecule has 3 rings (SSSR count). The number of carbonyl (C=O) groups excluding carboxylic acids is 2. The lowest BCUT2D eigenvalue weighted by atomic mass is 9.91. The van der Waals surface area contributed by atoms with E-state index in [2.05, 4.69) is 5.32 Å². The smallest absolute Gasteiger partial charge is 0.325 e. The maximum Gasteiger partial charge on any atom is 0.325 e. The van der Waals surface area contributed by atoms with E-state index in [0.717, 1.165) is 4.90 Å². The van der Waals surface area contributed by atoms with E-state index >= 15 is 0 Å². The number of nitrogens with one attached hydrogen (secondary N) is 1. The number of carbonyl (C=O) groups is 2. The Bertz CT molecular complexity index is 827. The molecule has 6 nitrogen and oxygen atoms in total. The summed E-state index contributed by atoms with van der Waals surface area (Å²) in [6, 6.07) is 17.4. The van der Waals surface area contributed by atoms with Gasteiger partial charge in [-0.15, -0.1) is 0 Å². The number of rotatable bonds is 5. The van der Waals surface area contributed by atoms with Crippen molar-refractivity contribution in [2.45, 2.75) is 12.5 Å². The van der Waals surface area contributed by atoms with Gasteiger partial charge in [0.15, 0.2) is 0 Å². The van der Waals surface area contributed by atoms with Gasteiger partial charge in [-0.2, -0.15) is 5.26 Å². The number of ether oxygens (including phenoxy) is 1. The van der Waals surface area contributed by atoms with Crippen LogP contribution in [0.5, 0.6) is 5.75 Å². The van der Waals surface area contributed by atoms with Crippen LogP contribution in [-0.2, 0) is 10.3 Å². The molecule has 0 unspecified atom stereocenters. The molecule has 1 fully saturated rings. The van der Waals surface area contributed by atoms with E-state index in [1.54, 1.807) is 31.2 Å². The van der Waals surface area contributed by atoms with Crippen molar-refractivity contribution < 1.29 is 14.3 Å². The first-order valence-corrected chi connectivity index (χ1v) is 7.87. The topological polar surface area (TPSA) is 82.4 Å². The largest absolute Gasteiger partial charge is 0.492 e. The van der Waals surface area contributed by atoms with Crippen LogP contribution in [0.4, 0.5) is 4.79 Å². The lowest BCUT2D eigenvalue weighted by Crippen LogP contribution is -2.41. The fourth-order valence-electron chi connectivity index (χ4n) is 2.75. The highest BCUT2D eigenvalue weighted by Gasteiger charge is 2.48. The zero-order valence-corrected chi connectivity index (χ0v) is 13.7. The highest BCUT2D eigenvalue weighted by atomic mass is 16.5. The first kappa shape index (κ1) is 16.5. The standard InChI is InChI=1S/C19H17N3O3/c1-19(15-9-7-14(13-20)8-10-15)17(23)22(18(24)21-19)11-12-25-16-5-3-2-4-6-16/h2-10H,11-12H2,1H3,(H,21,24)/t19-/m1/s1. The van der Waals surface area contributed by atoms with Gasteiger partial charge in [-0.25, -0.2) is 4.79 Å². The summed E-state index contributed by atoms with van der Waals surface area (Å²) in [5, 5.41) is 11.6. The lowest BCUT2D eigenvalue weighted by Gasteiger charge is -2.22. The van der Waals surface area contributed by atoms with Gasteiger partial charge in [-0.1, -0.05) is 30.3 Å². The van der Waals surface area contributed by atoms with Crippen LogP contribution >= 0.6 is 0 Å². The molecule has 1 saturated heterocycles. The zero-order valence-electron chi connectivity index (χ0n) is 13.7. The number of para-hydroxylation sites is 1. The molecule has 3 amide bonds. The van der Waals surface area contributed by atoms with Crippen LogP contribution < -0.4 is 10.1 Å². The molecule has 1 aliphatic rings. The van der Waals surface area contributed by atoms with E-state index in [1.807, 2.05) is 36.4 Å². The van der Waals surface area contributed by atoms with Gasteiger partial charge in [0.25, 0.3) is 5.91 Å². The van der Waals surface area contributed by atoms with Crippen molar-refractivity contribution >= 4 is 11.9 Å². The van der Waals surface area contributed by atoms with Gasteiger partial charge in [0.1, 0.15) is 17.9 Å². The third-order valence-corrected chi connectivity index (χ3v) is 4.19. The number of benzene rings is 2. The lowest BCUT2D eigenvalue weighted by molar-refractivity contribution is -0.131. The summed E-state index contributed by atoms with van der Waals surface area (Å²) in [7, 11) is 0. The van der Waals surface area contributed by atoms with Gasteiger partial charge in [-0.05, 0) is 36.8 Å². The Kier molecular flexibility index (Phi) is 4.40.